The minimum absolute atomic E-state index is 0.0850. The van der Waals surface area contributed by atoms with Crippen molar-refractivity contribution in [3.8, 4) is 11.4 Å². The van der Waals surface area contributed by atoms with Crippen molar-refractivity contribution in [2.75, 3.05) is 25.0 Å². The van der Waals surface area contributed by atoms with Gasteiger partial charge in [-0.3, -0.25) is 14.7 Å². The number of nitrogens with one attached hydrogen (secondary N) is 2. The summed E-state index contributed by atoms with van der Waals surface area (Å²) in [7, 11) is 0. The second kappa shape index (κ2) is 12.5. The molecule has 4 aromatic rings. The normalized spacial score (nSPS) is 25.7. The number of allylic oxidation sites excluding steroid dienone is 1. The van der Waals surface area contributed by atoms with Crippen LogP contribution in [0, 0.1) is 34.9 Å². The fourth-order valence-corrected chi connectivity index (χ4v) is 8.39. The standard InChI is InChI=1S/C38H43ClFN5O/c1-24-27(19-28-21-32(24)38(28,2)3)20-35(44-18-16-41-34(39)23-44)42-30-13-14-31-33(22-30)43-36(26-7-5-4-6-8-26)45(37(31)46)17-15-25-9-11-29(40)12-10-25/h4-14,20,22,24,27-28,32,34,41-42H,15-19,21,23H2,1-3H3/b35-20-/t24-,27?,28?,32+,34-/m1/s1. The average Bonchev–Trinajstić information content (AvgIpc) is 3.05. The maximum atomic E-state index is 14.0. The van der Waals surface area contributed by atoms with Gasteiger partial charge in [0.25, 0.3) is 5.56 Å². The van der Waals surface area contributed by atoms with Gasteiger partial charge < -0.3 is 10.2 Å². The monoisotopic (exact) mass is 639 g/mol. The second-order valence-corrected chi connectivity index (χ2v) is 14.6. The number of hydrogen-bond acceptors (Lipinski definition) is 5. The highest BCUT2D eigenvalue weighted by molar-refractivity contribution is 6.20. The van der Waals surface area contributed by atoms with E-state index < -0.39 is 0 Å². The quantitative estimate of drug-likeness (QED) is 0.155. The lowest BCUT2D eigenvalue weighted by atomic mass is 9.43. The van der Waals surface area contributed by atoms with Crippen LogP contribution in [0.15, 0.2) is 89.5 Å². The van der Waals surface area contributed by atoms with Gasteiger partial charge in [0.15, 0.2) is 0 Å². The number of piperazine rings is 1. The van der Waals surface area contributed by atoms with Crippen LogP contribution in [0.1, 0.15) is 39.2 Å². The van der Waals surface area contributed by atoms with Gasteiger partial charge in [-0.25, -0.2) is 9.37 Å². The molecule has 1 aliphatic heterocycles. The molecule has 3 aliphatic carbocycles. The summed E-state index contributed by atoms with van der Waals surface area (Å²) in [6, 6.07) is 22.1. The number of aromatic nitrogens is 2. The number of halogens is 2. The fraction of sp³-hybridized carbons (Fsp3) is 0.421. The Balaban J connectivity index is 1.23. The van der Waals surface area contributed by atoms with Crippen LogP contribution in [-0.4, -0.2) is 39.6 Å². The van der Waals surface area contributed by atoms with Crippen LogP contribution in [0.4, 0.5) is 10.1 Å². The third-order valence-corrected chi connectivity index (χ3v) is 11.3. The first-order valence-electron chi connectivity index (χ1n) is 16.6. The summed E-state index contributed by atoms with van der Waals surface area (Å²) in [5.74, 6) is 4.08. The highest BCUT2D eigenvalue weighted by Crippen LogP contribution is 2.63. The highest BCUT2D eigenvalue weighted by atomic mass is 35.5. The van der Waals surface area contributed by atoms with Gasteiger partial charge in [0.05, 0.1) is 10.9 Å². The second-order valence-electron chi connectivity index (χ2n) is 14.0. The van der Waals surface area contributed by atoms with Crippen molar-refractivity contribution < 1.29 is 4.39 Å². The Bertz CT molecular complexity index is 1800. The van der Waals surface area contributed by atoms with E-state index in [2.05, 4.69) is 42.4 Å². The molecule has 46 heavy (non-hydrogen) atoms. The van der Waals surface area contributed by atoms with Gasteiger partial charge in [-0.05, 0) is 90.3 Å². The largest absolute Gasteiger partial charge is 0.354 e. The van der Waals surface area contributed by atoms with Gasteiger partial charge >= 0.3 is 0 Å². The Kier molecular flexibility index (Phi) is 8.41. The van der Waals surface area contributed by atoms with Crippen molar-refractivity contribution in [1.29, 1.82) is 0 Å². The van der Waals surface area contributed by atoms with Gasteiger partial charge in [-0.1, -0.05) is 63.2 Å². The zero-order valence-corrected chi connectivity index (χ0v) is 27.6. The molecule has 6 nitrogen and oxygen atoms in total. The zero-order valence-electron chi connectivity index (χ0n) is 26.8. The lowest BCUT2D eigenvalue weighted by Crippen LogP contribution is -2.55. The van der Waals surface area contributed by atoms with Crippen molar-refractivity contribution >= 4 is 28.2 Å². The van der Waals surface area contributed by atoms with Crippen LogP contribution in [0.5, 0.6) is 0 Å². The lowest BCUT2D eigenvalue weighted by Gasteiger charge is -2.62. The number of fused-ring (bicyclic) bond motifs is 3. The number of nitrogens with zero attached hydrogens (tertiary/aromatic N) is 3. The van der Waals surface area contributed by atoms with Crippen molar-refractivity contribution in [2.45, 2.75) is 52.1 Å². The molecule has 8 rings (SSSR count). The predicted molar refractivity (Wildman–Crippen MR) is 185 cm³/mol. The smallest absolute Gasteiger partial charge is 0.261 e. The van der Waals surface area contributed by atoms with Crippen LogP contribution in [0.2, 0.25) is 0 Å². The summed E-state index contributed by atoms with van der Waals surface area (Å²) in [5.41, 5.74) is 3.62. The molecule has 8 heteroatoms. The molecule has 1 saturated heterocycles. The predicted octanol–water partition coefficient (Wildman–Crippen LogP) is 7.49. The molecule has 4 aliphatic rings. The highest BCUT2D eigenvalue weighted by Gasteiger charge is 2.55. The molecule has 2 N–H and O–H groups in total. The number of alkyl halides is 1. The topological polar surface area (TPSA) is 62.2 Å². The first kappa shape index (κ1) is 30.9. The van der Waals surface area contributed by atoms with E-state index in [1.807, 2.05) is 48.5 Å². The number of benzene rings is 3. The van der Waals surface area contributed by atoms with Crippen LogP contribution < -0.4 is 16.2 Å². The maximum absolute atomic E-state index is 14.0. The molecule has 4 fully saturated rings. The number of anilines is 1. The molecule has 1 aromatic heterocycles. The molecule has 0 amide bonds. The minimum Gasteiger partial charge on any atom is -0.354 e. The molecule has 0 radical (unpaired) electrons. The SMILES string of the molecule is C[C@@H]1C(/C=C(/Nc2ccc3c(=O)n(CCc4ccc(F)cc4)c(-c4ccccc4)nc3c2)N2CCN[C@@H](Cl)C2)CC2C[C@@H]1C2(C)C. The Morgan fingerprint density at radius 2 is 1.89 bits per heavy atom. The molecule has 2 unspecified atom stereocenters. The van der Waals surface area contributed by atoms with Crippen molar-refractivity contribution in [3.05, 3.63) is 106 Å². The zero-order chi connectivity index (χ0) is 32.0. The third-order valence-electron chi connectivity index (χ3n) is 11.1. The lowest BCUT2D eigenvalue weighted by molar-refractivity contribution is -0.118. The molecule has 0 spiro atoms. The number of hydrogen-bond donors (Lipinski definition) is 2. The van der Waals surface area contributed by atoms with E-state index in [-0.39, 0.29) is 16.9 Å². The van der Waals surface area contributed by atoms with Gasteiger partial charge in [0.2, 0.25) is 0 Å². The summed E-state index contributed by atoms with van der Waals surface area (Å²) in [6.45, 7) is 10.1. The Morgan fingerprint density at radius 3 is 2.61 bits per heavy atom. The van der Waals surface area contributed by atoms with E-state index >= 15 is 0 Å². The molecule has 240 valence electrons. The van der Waals surface area contributed by atoms with Gasteiger partial charge in [0, 0.05) is 37.4 Å². The summed E-state index contributed by atoms with van der Waals surface area (Å²) >= 11 is 6.58. The molecule has 2 bridgehead atoms. The van der Waals surface area contributed by atoms with Gasteiger partial charge in [-0.15, -0.1) is 11.6 Å². The summed E-state index contributed by atoms with van der Waals surface area (Å²) in [5, 5.41) is 7.67. The van der Waals surface area contributed by atoms with Crippen LogP contribution in [0.25, 0.3) is 22.3 Å². The van der Waals surface area contributed by atoms with Crippen molar-refractivity contribution in [2.24, 2.45) is 29.1 Å². The van der Waals surface area contributed by atoms with E-state index in [0.717, 1.165) is 47.6 Å². The molecule has 3 saturated carbocycles. The summed E-state index contributed by atoms with van der Waals surface area (Å²) < 4.78 is 15.3. The van der Waals surface area contributed by atoms with Gasteiger partial charge in [-0.2, -0.15) is 0 Å². The van der Waals surface area contributed by atoms with Crippen molar-refractivity contribution in [1.82, 2.24) is 19.8 Å². The first-order valence-corrected chi connectivity index (χ1v) is 17.1. The fourth-order valence-electron chi connectivity index (χ4n) is 8.12. The Hall–Kier alpha value is -3.68. The van der Waals surface area contributed by atoms with Crippen molar-refractivity contribution in [3.63, 3.8) is 0 Å². The Morgan fingerprint density at radius 1 is 1.11 bits per heavy atom. The first-order chi connectivity index (χ1) is 22.2. The van der Waals surface area contributed by atoms with Crippen LogP contribution in [0.3, 0.4) is 0 Å². The molecular weight excluding hydrogens is 597 g/mol. The third kappa shape index (κ3) is 5.95. The molecule has 3 aromatic carbocycles. The minimum atomic E-state index is -0.270. The van der Waals surface area contributed by atoms with Gasteiger partial charge in [0.1, 0.15) is 23.0 Å². The molecule has 5 atom stereocenters. The van der Waals surface area contributed by atoms with E-state index in [1.54, 1.807) is 16.7 Å². The summed E-state index contributed by atoms with van der Waals surface area (Å²) in [6.07, 6.45) is 5.60. The molecule has 2 heterocycles. The average molecular weight is 640 g/mol. The number of aryl methyl sites for hydroxylation is 1. The molecular formula is C38H43ClFN5O. The van der Waals surface area contributed by atoms with Crippen LogP contribution >= 0.6 is 11.6 Å². The van der Waals surface area contributed by atoms with E-state index in [9.17, 15) is 9.18 Å². The maximum Gasteiger partial charge on any atom is 0.261 e. The van der Waals surface area contributed by atoms with E-state index in [0.29, 0.717) is 53.5 Å². The van der Waals surface area contributed by atoms with Crippen LogP contribution in [-0.2, 0) is 13.0 Å². The Labute approximate surface area is 275 Å². The number of rotatable bonds is 8. The van der Waals surface area contributed by atoms with E-state index in [4.69, 9.17) is 16.6 Å². The summed E-state index contributed by atoms with van der Waals surface area (Å²) in [4.78, 5) is 21.4. The van der Waals surface area contributed by atoms with E-state index in [1.165, 1.54) is 25.0 Å².